The maximum absolute atomic E-state index is 9.32. The van der Waals surface area contributed by atoms with Crippen LogP contribution in [0.4, 0.5) is 0 Å². The van der Waals surface area contributed by atoms with E-state index in [1.54, 1.807) is 0 Å². The molecule has 16 heavy (non-hydrogen) atoms. The zero-order valence-electron chi connectivity index (χ0n) is 9.90. The Bertz CT molecular complexity index is 230. The fraction of sp³-hybridized carbons (Fsp3) is 0.846. The van der Waals surface area contributed by atoms with Crippen LogP contribution in [0.3, 0.4) is 0 Å². The van der Waals surface area contributed by atoms with Crippen LogP contribution in [0.2, 0.25) is 0 Å². The molecule has 0 aromatic rings. The molecule has 2 aliphatic rings. The number of rotatable bonds is 4. The van der Waals surface area contributed by atoms with Crippen molar-refractivity contribution in [3.63, 3.8) is 0 Å². The van der Waals surface area contributed by atoms with Crippen molar-refractivity contribution in [1.29, 1.82) is 0 Å². The van der Waals surface area contributed by atoms with Crippen molar-refractivity contribution in [3.8, 4) is 0 Å². The molecule has 1 fully saturated rings. The molecule has 92 valence electrons. The SMILES string of the molecule is OCC1CCCCC1NCC1CCC=CO1. The molecule has 0 amide bonds. The van der Waals surface area contributed by atoms with Crippen LogP contribution in [0.1, 0.15) is 38.5 Å². The molecule has 0 aromatic heterocycles. The van der Waals surface area contributed by atoms with Gasteiger partial charge in [-0.05, 0) is 37.7 Å². The average Bonchev–Trinajstić information content (AvgIpc) is 2.38. The smallest absolute Gasteiger partial charge is 0.110 e. The van der Waals surface area contributed by atoms with Crippen LogP contribution in [0.5, 0.6) is 0 Å². The highest BCUT2D eigenvalue weighted by Crippen LogP contribution is 2.24. The predicted molar refractivity (Wildman–Crippen MR) is 64.1 cm³/mol. The molecule has 3 atom stereocenters. The molecule has 0 aromatic carbocycles. The summed E-state index contributed by atoms with van der Waals surface area (Å²) in [6.45, 7) is 1.24. The molecule has 3 unspecified atom stereocenters. The molecule has 2 rings (SSSR count). The second-order valence-electron chi connectivity index (χ2n) is 4.95. The van der Waals surface area contributed by atoms with Crippen LogP contribution in [-0.2, 0) is 4.74 Å². The highest BCUT2D eigenvalue weighted by Gasteiger charge is 2.24. The van der Waals surface area contributed by atoms with Crippen molar-refractivity contribution in [2.45, 2.75) is 50.7 Å². The number of hydrogen-bond donors (Lipinski definition) is 2. The maximum atomic E-state index is 9.32. The number of ether oxygens (including phenoxy) is 1. The lowest BCUT2D eigenvalue weighted by Gasteiger charge is -2.32. The Morgan fingerprint density at radius 1 is 1.25 bits per heavy atom. The van der Waals surface area contributed by atoms with E-state index in [0.717, 1.165) is 19.4 Å². The van der Waals surface area contributed by atoms with E-state index < -0.39 is 0 Å². The zero-order valence-corrected chi connectivity index (χ0v) is 9.90. The minimum atomic E-state index is 0.323. The van der Waals surface area contributed by atoms with Crippen molar-refractivity contribution in [2.24, 2.45) is 5.92 Å². The van der Waals surface area contributed by atoms with E-state index in [-0.39, 0.29) is 0 Å². The van der Waals surface area contributed by atoms with Crippen molar-refractivity contribution >= 4 is 0 Å². The van der Waals surface area contributed by atoms with Gasteiger partial charge in [-0.1, -0.05) is 12.8 Å². The van der Waals surface area contributed by atoms with Crippen molar-refractivity contribution < 1.29 is 9.84 Å². The summed E-state index contributed by atoms with van der Waals surface area (Å²) >= 11 is 0. The van der Waals surface area contributed by atoms with E-state index in [1.165, 1.54) is 25.7 Å². The lowest BCUT2D eigenvalue weighted by atomic mass is 9.85. The van der Waals surface area contributed by atoms with Gasteiger partial charge in [0.1, 0.15) is 6.10 Å². The summed E-state index contributed by atoms with van der Waals surface area (Å²) in [5.41, 5.74) is 0. The number of aliphatic hydroxyl groups excluding tert-OH is 1. The van der Waals surface area contributed by atoms with Gasteiger partial charge in [0.05, 0.1) is 6.26 Å². The van der Waals surface area contributed by atoms with E-state index in [1.807, 2.05) is 6.26 Å². The van der Waals surface area contributed by atoms with Gasteiger partial charge in [0.15, 0.2) is 0 Å². The highest BCUT2D eigenvalue weighted by molar-refractivity contribution is 4.86. The standard InChI is InChI=1S/C13H23NO2/c15-10-11-5-1-2-7-13(11)14-9-12-6-3-4-8-16-12/h4,8,11-15H,1-3,5-7,9-10H2. The fourth-order valence-corrected chi connectivity index (χ4v) is 2.71. The van der Waals surface area contributed by atoms with E-state index in [9.17, 15) is 5.11 Å². The molecule has 1 saturated carbocycles. The van der Waals surface area contributed by atoms with Gasteiger partial charge in [-0.15, -0.1) is 0 Å². The monoisotopic (exact) mass is 225 g/mol. The molecule has 0 spiro atoms. The minimum absolute atomic E-state index is 0.323. The third-order valence-corrected chi connectivity index (χ3v) is 3.77. The number of hydrogen-bond acceptors (Lipinski definition) is 3. The van der Waals surface area contributed by atoms with Crippen LogP contribution in [0.15, 0.2) is 12.3 Å². The Morgan fingerprint density at radius 3 is 2.88 bits per heavy atom. The average molecular weight is 225 g/mol. The van der Waals surface area contributed by atoms with Crippen LogP contribution >= 0.6 is 0 Å². The maximum Gasteiger partial charge on any atom is 0.110 e. The quantitative estimate of drug-likeness (QED) is 0.767. The highest BCUT2D eigenvalue weighted by atomic mass is 16.5. The van der Waals surface area contributed by atoms with E-state index >= 15 is 0 Å². The third-order valence-electron chi connectivity index (χ3n) is 3.77. The van der Waals surface area contributed by atoms with Crippen molar-refractivity contribution in [1.82, 2.24) is 5.32 Å². The van der Waals surface area contributed by atoms with Crippen molar-refractivity contribution in [3.05, 3.63) is 12.3 Å². The summed E-state index contributed by atoms with van der Waals surface area (Å²) in [6, 6.07) is 0.494. The van der Waals surface area contributed by atoms with Gasteiger partial charge >= 0.3 is 0 Å². The fourth-order valence-electron chi connectivity index (χ4n) is 2.71. The van der Waals surface area contributed by atoms with Gasteiger partial charge < -0.3 is 15.2 Å². The summed E-state index contributed by atoms with van der Waals surface area (Å²) in [6.07, 6.45) is 11.4. The number of allylic oxidation sites excluding steroid dienone is 1. The van der Waals surface area contributed by atoms with Crippen LogP contribution in [-0.4, -0.2) is 30.4 Å². The number of aliphatic hydroxyl groups is 1. The summed E-state index contributed by atoms with van der Waals surface area (Å²) < 4.78 is 5.53. The molecule has 0 bridgehead atoms. The van der Waals surface area contributed by atoms with Gasteiger partial charge in [-0.3, -0.25) is 0 Å². The van der Waals surface area contributed by atoms with Crippen LogP contribution in [0.25, 0.3) is 0 Å². The van der Waals surface area contributed by atoms with Crippen molar-refractivity contribution in [2.75, 3.05) is 13.2 Å². The van der Waals surface area contributed by atoms with E-state index in [2.05, 4.69) is 11.4 Å². The normalized spacial score (nSPS) is 34.7. The zero-order chi connectivity index (χ0) is 11.2. The Morgan fingerprint density at radius 2 is 2.12 bits per heavy atom. The van der Waals surface area contributed by atoms with Crippen LogP contribution < -0.4 is 5.32 Å². The lowest BCUT2D eigenvalue weighted by Crippen LogP contribution is -2.43. The first-order valence-corrected chi connectivity index (χ1v) is 6.55. The molecule has 0 radical (unpaired) electrons. The molecular formula is C13H23NO2. The minimum Gasteiger partial charge on any atom is -0.497 e. The molecular weight excluding hydrogens is 202 g/mol. The Balaban J connectivity index is 1.72. The Hall–Kier alpha value is -0.540. The molecule has 3 heteroatoms. The molecule has 0 saturated heterocycles. The summed E-state index contributed by atoms with van der Waals surface area (Å²) in [7, 11) is 0. The lowest BCUT2D eigenvalue weighted by molar-refractivity contribution is 0.101. The van der Waals surface area contributed by atoms with E-state index in [0.29, 0.717) is 24.7 Å². The predicted octanol–water partition coefficient (Wildman–Crippen LogP) is 1.82. The first-order chi connectivity index (χ1) is 7.90. The Kier molecular flexibility index (Phi) is 4.67. The van der Waals surface area contributed by atoms with Gasteiger partial charge in [0.2, 0.25) is 0 Å². The summed E-state index contributed by atoms with van der Waals surface area (Å²) in [5, 5.41) is 12.9. The van der Waals surface area contributed by atoms with E-state index in [4.69, 9.17) is 4.74 Å². The second kappa shape index (κ2) is 6.26. The Labute approximate surface area is 97.9 Å². The van der Waals surface area contributed by atoms with Gasteiger partial charge in [0, 0.05) is 19.2 Å². The van der Waals surface area contributed by atoms with Gasteiger partial charge in [-0.25, -0.2) is 0 Å². The number of nitrogens with one attached hydrogen (secondary N) is 1. The first kappa shape index (κ1) is 11.9. The summed E-state index contributed by atoms with van der Waals surface area (Å²) in [4.78, 5) is 0. The van der Waals surface area contributed by atoms with Gasteiger partial charge in [-0.2, -0.15) is 0 Å². The molecule has 2 N–H and O–H groups in total. The van der Waals surface area contributed by atoms with Crippen LogP contribution in [0, 0.1) is 5.92 Å². The molecule has 1 heterocycles. The third kappa shape index (κ3) is 3.22. The topological polar surface area (TPSA) is 41.5 Å². The second-order valence-corrected chi connectivity index (χ2v) is 4.95. The summed E-state index contributed by atoms with van der Waals surface area (Å²) in [5.74, 6) is 0.452. The molecule has 3 nitrogen and oxygen atoms in total. The molecule has 1 aliphatic heterocycles. The largest absolute Gasteiger partial charge is 0.497 e. The molecule has 1 aliphatic carbocycles. The first-order valence-electron chi connectivity index (χ1n) is 6.55. The van der Waals surface area contributed by atoms with Gasteiger partial charge in [0.25, 0.3) is 0 Å².